The predicted molar refractivity (Wildman–Crippen MR) is 48.1 cm³/mol. The molecule has 0 amide bonds. The first kappa shape index (κ1) is 7.41. The van der Waals surface area contributed by atoms with Crippen LogP contribution in [-0.2, 0) is 0 Å². The molecular weight excluding hydrogens is 148 g/mol. The minimum absolute atomic E-state index is 0.214. The second-order valence-corrected chi connectivity index (χ2v) is 3.49. The Morgan fingerprint density at radius 3 is 2.83 bits per heavy atom. The Balaban J connectivity index is 2.46. The monoisotopic (exact) mass is 159 g/mol. The molecule has 12 heavy (non-hydrogen) atoms. The molecule has 2 rings (SSSR count). The molecule has 0 N–H and O–H groups in total. The van der Waals surface area contributed by atoms with E-state index in [0.29, 0.717) is 0 Å². The van der Waals surface area contributed by atoms with Gasteiger partial charge in [0.05, 0.1) is 0 Å². The van der Waals surface area contributed by atoms with Crippen LogP contribution in [0.3, 0.4) is 0 Å². The molecule has 0 atom stereocenters. The van der Waals surface area contributed by atoms with Crippen LogP contribution in [0.1, 0.15) is 19.4 Å². The minimum Gasteiger partial charge on any atom is -0.483 e. The molecule has 0 saturated carbocycles. The predicted octanol–water partition coefficient (Wildman–Crippen LogP) is 2.57. The maximum absolute atomic E-state index is 5.70. The molecule has 0 spiro atoms. The van der Waals surface area contributed by atoms with Crippen molar-refractivity contribution in [2.24, 2.45) is 0 Å². The molecule has 0 aliphatic carbocycles. The van der Waals surface area contributed by atoms with E-state index < -0.39 is 0 Å². The summed E-state index contributed by atoms with van der Waals surface area (Å²) in [6.45, 7) is 4.05. The largest absolute Gasteiger partial charge is 0.483 e. The van der Waals surface area contributed by atoms with E-state index in [9.17, 15) is 0 Å². The van der Waals surface area contributed by atoms with Gasteiger partial charge in [0.1, 0.15) is 11.4 Å². The van der Waals surface area contributed by atoms with Gasteiger partial charge < -0.3 is 4.74 Å². The molecule has 0 fully saturated rings. The van der Waals surface area contributed by atoms with Gasteiger partial charge in [0.25, 0.3) is 0 Å². The third-order valence-electron chi connectivity index (χ3n) is 1.84. The van der Waals surface area contributed by atoms with Crippen molar-refractivity contribution in [3.63, 3.8) is 0 Å². The quantitative estimate of drug-likeness (QED) is 0.565. The molecule has 1 aromatic carbocycles. The number of ether oxygens (including phenoxy) is 1. The SMILES string of the molecule is CC1(C)C=[C]c2ccccc2O1. The summed E-state index contributed by atoms with van der Waals surface area (Å²) in [6, 6.07) is 7.93. The highest BCUT2D eigenvalue weighted by molar-refractivity contribution is 5.41. The highest BCUT2D eigenvalue weighted by Gasteiger charge is 2.20. The lowest BCUT2D eigenvalue weighted by molar-refractivity contribution is 0.156. The van der Waals surface area contributed by atoms with Gasteiger partial charge in [0.2, 0.25) is 0 Å². The summed E-state index contributed by atoms with van der Waals surface area (Å²) >= 11 is 0. The number of benzene rings is 1. The molecule has 0 unspecified atom stereocenters. The number of hydrogen-bond acceptors (Lipinski definition) is 1. The molecule has 1 heterocycles. The van der Waals surface area contributed by atoms with Crippen molar-refractivity contribution < 1.29 is 4.74 Å². The highest BCUT2D eigenvalue weighted by Crippen LogP contribution is 2.28. The number of para-hydroxylation sites is 1. The molecule has 1 aromatic rings. The lowest BCUT2D eigenvalue weighted by Crippen LogP contribution is -2.27. The number of fused-ring (bicyclic) bond motifs is 1. The van der Waals surface area contributed by atoms with Crippen molar-refractivity contribution in [3.8, 4) is 5.75 Å². The lowest BCUT2D eigenvalue weighted by Gasteiger charge is -2.27. The molecule has 1 heteroatoms. The normalized spacial score (nSPS) is 18.2. The van der Waals surface area contributed by atoms with Gasteiger partial charge in [-0.1, -0.05) is 18.2 Å². The summed E-state index contributed by atoms with van der Waals surface area (Å²) < 4.78 is 5.70. The molecule has 0 saturated heterocycles. The Bertz CT molecular complexity index is 324. The van der Waals surface area contributed by atoms with Crippen LogP contribution >= 0.6 is 0 Å². The molecule has 1 aliphatic rings. The van der Waals surface area contributed by atoms with E-state index in [4.69, 9.17) is 4.74 Å². The van der Waals surface area contributed by atoms with Gasteiger partial charge in [0, 0.05) is 5.56 Å². The minimum atomic E-state index is -0.214. The fourth-order valence-corrected chi connectivity index (χ4v) is 1.24. The van der Waals surface area contributed by atoms with Crippen LogP contribution < -0.4 is 4.74 Å². The van der Waals surface area contributed by atoms with Crippen molar-refractivity contribution in [1.29, 1.82) is 0 Å². The van der Waals surface area contributed by atoms with Gasteiger partial charge in [-0.15, -0.1) is 0 Å². The molecular formula is C11H11O. The summed E-state index contributed by atoms with van der Waals surface area (Å²) in [6.07, 6.45) is 5.16. The Kier molecular flexibility index (Phi) is 1.47. The van der Waals surface area contributed by atoms with Gasteiger partial charge in [-0.25, -0.2) is 0 Å². The van der Waals surface area contributed by atoms with E-state index in [1.54, 1.807) is 0 Å². The molecule has 0 bridgehead atoms. The van der Waals surface area contributed by atoms with Gasteiger partial charge in [-0.3, -0.25) is 0 Å². The Morgan fingerprint density at radius 2 is 2.00 bits per heavy atom. The van der Waals surface area contributed by atoms with E-state index in [1.807, 2.05) is 44.2 Å². The summed E-state index contributed by atoms with van der Waals surface area (Å²) in [5, 5.41) is 0. The molecule has 0 aromatic heterocycles. The zero-order chi connectivity index (χ0) is 8.60. The Hall–Kier alpha value is -1.24. The maximum Gasteiger partial charge on any atom is 0.128 e. The van der Waals surface area contributed by atoms with Gasteiger partial charge in [0.15, 0.2) is 0 Å². The average molecular weight is 159 g/mol. The van der Waals surface area contributed by atoms with Crippen molar-refractivity contribution in [3.05, 3.63) is 42.0 Å². The maximum atomic E-state index is 5.70. The molecule has 61 valence electrons. The zero-order valence-electron chi connectivity index (χ0n) is 7.29. The summed E-state index contributed by atoms with van der Waals surface area (Å²) in [5.74, 6) is 0.921. The van der Waals surface area contributed by atoms with E-state index in [-0.39, 0.29) is 5.60 Å². The topological polar surface area (TPSA) is 9.23 Å². The van der Waals surface area contributed by atoms with Crippen LogP contribution in [0.5, 0.6) is 5.75 Å². The highest BCUT2D eigenvalue weighted by atomic mass is 16.5. The van der Waals surface area contributed by atoms with E-state index in [1.165, 1.54) is 0 Å². The third-order valence-corrected chi connectivity index (χ3v) is 1.84. The van der Waals surface area contributed by atoms with Crippen LogP contribution in [0.25, 0.3) is 0 Å². The van der Waals surface area contributed by atoms with Crippen LogP contribution in [0.15, 0.2) is 30.3 Å². The van der Waals surface area contributed by atoms with Gasteiger partial charge in [-0.2, -0.15) is 0 Å². The van der Waals surface area contributed by atoms with E-state index in [0.717, 1.165) is 11.3 Å². The smallest absolute Gasteiger partial charge is 0.128 e. The van der Waals surface area contributed by atoms with Crippen molar-refractivity contribution in [2.75, 3.05) is 0 Å². The molecule has 1 nitrogen and oxygen atoms in total. The molecule has 1 radical (unpaired) electrons. The second-order valence-electron chi connectivity index (χ2n) is 3.49. The summed E-state index contributed by atoms with van der Waals surface area (Å²) in [4.78, 5) is 0. The van der Waals surface area contributed by atoms with Crippen molar-refractivity contribution in [1.82, 2.24) is 0 Å². The second kappa shape index (κ2) is 2.37. The molecule has 1 aliphatic heterocycles. The zero-order valence-corrected chi connectivity index (χ0v) is 7.29. The average Bonchev–Trinajstić information content (AvgIpc) is 2.02. The Labute approximate surface area is 72.7 Å². The Morgan fingerprint density at radius 1 is 1.25 bits per heavy atom. The first-order valence-corrected chi connectivity index (χ1v) is 4.06. The van der Waals surface area contributed by atoms with Crippen LogP contribution in [0, 0.1) is 6.08 Å². The van der Waals surface area contributed by atoms with Crippen LogP contribution in [0.4, 0.5) is 0 Å². The van der Waals surface area contributed by atoms with E-state index >= 15 is 0 Å². The summed E-state index contributed by atoms with van der Waals surface area (Å²) in [5.41, 5.74) is 0.825. The fourth-order valence-electron chi connectivity index (χ4n) is 1.24. The third kappa shape index (κ3) is 1.22. The first-order chi connectivity index (χ1) is 5.67. The first-order valence-electron chi connectivity index (χ1n) is 4.06. The van der Waals surface area contributed by atoms with E-state index in [2.05, 4.69) is 6.08 Å². The van der Waals surface area contributed by atoms with Crippen molar-refractivity contribution >= 4 is 0 Å². The lowest BCUT2D eigenvalue weighted by atomic mass is 10.0. The summed E-state index contributed by atoms with van der Waals surface area (Å²) in [7, 11) is 0. The van der Waals surface area contributed by atoms with Gasteiger partial charge in [-0.05, 0) is 32.1 Å². The standard InChI is InChI=1S/C11H11O/c1-11(2)8-7-9-5-3-4-6-10(9)12-11/h3-6,8H,1-2H3. The van der Waals surface area contributed by atoms with Crippen LogP contribution in [0.2, 0.25) is 0 Å². The fraction of sp³-hybridized carbons (Fsp3) is 0.273. The van der Waals surface area contributed by atoms with Crippen molar-refractivity contribution in [2.45, 2.75) is 19.4 Å². The van der Waals surface area contributed by atoms with Gasteiger partial charge >= 0.3 is 0 Å². The number of rotatable bonds is 0. The van der Waals surface area contributed by atoms with Crippen LogP contribution in [-0.4, -0.2) is 5.60 Å². The number of hydrogen-bond donors (Lipinski definition) is 0.